The molecule has 2 rings (SSSR count). The molecule has 0 fully saturated rings. The first-order valence-electron chi connectivity index (χ1n) is 7.34. The van der Waals surface area contributed by atoms with E-state index < -0.39 is 0 Å². The summed E-state index contributed by atoms with van der Waals surface area (Å²) in [7, 11) is 3.79. The molecular formula is C18H24N2O. The first kappa shape index (κ1) is 15.4. The van der Waals surface area contributed by atoms with Crippen LogP contribution in [0.2, 0.25) is 0 Å². The summed E-state index contributed by atoms with van der Waals surface area (Å²) in [5.74, 6) is 0.884. The van der Waals surface area contributed by atoms with E-state index in [0.717, 1.165) is 24.5 Å². The highest BCUT2D eigenvalue weighted by Gasteiger charge is 2.13. The third-order valence-corrected chi connectivity index (χ3v) is 3.61. The highest BCUT2D eigenvalue weighted by atomic mass is 16.5. The lowest BCUT2D eigenvalue weighted by atomic mass is 10.1. The number of benzene rings is 2. The van der Waals surface area contributed by atoms with E-state index in [1.165, 1.54) is 16.8 Å². The second kappa shape index (κ2) is 7.14. The van der Waals surface area contributed by atoms with E-state index in [1.807, 2.05) is 18.2 Å². The van der Waals surface area contributed by atoms with Crippen molar-refractivity contribution in [2.75, 3.05) is 25.6 Å². The molecule has 2 aromatic rings. The normalized spacial score (nSPS) is 10.5. The van der Waals surface area contributed by atoms with Crippen LogP contribution in [0.3, 0.4) is 0 Å². The molecule has 0 saturated carbocycles. The smallest absolute Gasteiger partial charge is 0.142 e. The van der Waals surface area contributed by atoms with Gasteiger partial charge in [-0.1, -0.05) is 36.8 Å². The number of ether oxygens (including phenoxy) is 1. The maximum Gasteiger partial charge on any atom is 0.142 e. The molecule has 0 aliphatic carbocycles. The molecule has 0 heterocycles. The molecule has 112 valence electrons. The van der Waals surface area contributed by atoms with Crippen LogP contribution >= 0.6 is 0 Å². The van der Waals surface area contributed by atoms with E-state index >= 15 is 0 Å². The highest BCUT2D eigenvalue weighted by molar-refractivity contribution is 5.71. The Kier molecular flexibility index (Phi) is 5.23. The summed E-state index contributed by atoms with van der Waals surface area (Å²) in [4.78, 5) is 2.19. The molecule has 0 atom stereocenters. The number of hydrogen-bond acceptors (Lipinski definition) is 3. The predicted octanol–water partition coefficient (Wildman–Crippen LogP) is 3.88. The van der Waals surface area contributed by atoms with Crippen LogP contribution in [-0.4, -0.2) is 20.7 Å². The Hall–Kier alpha value is -2.00. The van der Waals surface area contributed by atoms with Crippen molar-refractivity contribution < 1.29 is 4.74 Å². The molecule has 0 unspecified atom stereocenters. The van der Waals surface area contributed by atoms with E-state index in [9.17, 15) is 0 Å². The largest absolute Gasteiger partial charge is 0.495 e. The summed E-state index contributed by atoms with van der Waals surface area (Å²) < 4.78 is 5.48. The van der Waals surface area contributed by atoms with E-state index in [-0.39, 0.29) is 0 Å². The third-order valence-electron chi connectivity index (χ3n) is 3.61. The van der Waals surface area contributed by atoms with Crippen LogP contribution in [-0.2, 0) is 6.54 Å². The molecule has 0 spiro atoms. The zero-order valence-electron chi connectivity index (χ0n) is 13.3. The third kappa shape index (κ3) is 3.56. The second-order valence-electron chi connectivity index (χ2n) is 5.14. The second-order valence-corrected chi connectivity index (χ2v) is 5.14. The van der Waals surface area contributed by atoms with Crippen molar-refractivity contribution in [2.24, 2.45) is 0 Å². The van der Waals surface area contributed by atoms with Gasteiger partial charge in [-0.15, -0.1) is 0 Å². The van der Waals surface area contributed by atoms with Crippen LogP contribution < -0.4 is 15.0 Å². The number of anilines is 2. The summed E-state index contributed by atoms with van der Waals surface area (Å²) in [6, 6.07) is 14.7. The van der Waals surface area contributed by atoms with Gasteiger partial charge < -0.3 is 15.0 Å². The lowest BCUT2D eigenvalue weighted by Crippen LogP contribution is -2.17. The van der Waals surface area contributed by atoms with E-state index in [4.69, 9.17) is 4.74 Å². The molecule has 0 saturated heterocycles. The quantitative estimate of drug-likeness (QED) is 0.871. The van der Waals surface area contributed by atoms with E-state index in [1.54, 1.807) is 7.11 Å². The molecular weight excluding hydrogens is 260 g/mol. The molecule has 0 amide bonds. The van der Waals surface area contributed by atoms with E-state index in [0.29, 0.717) is 0 Å². The Bertz CT molecular complexity index is 596. The minimum Gasteiger partial charge on any atom is -0.495 e. The Balaban J connectivity index is 2.40. The minimum absolute atomic E-state index is 0.868. The Morgan fingerprint density at radius 1 is 1.10 bits per heavy atom. The summed E-state index contributed by atoms with van der Waals surface area (Å²) in [6.07, 6.45) is 0. The molecule has 0 bridgehead atoms. The summed E-state index contributed by atoms with van der Waals surface area (Å²) in [5.41, 5.74) is 4.85. The van der Waals surface area contributed by atoms with Gasteiger partial charge in [-0.25, -0.2) is 0 Å². The topological polar surface area (TPSA) is 24.5 Å². The molecule has 0 aliphatic heterocycles. The van der Waals surface area contributed by atoms with Crippen molar-refractivity contribution in [2.45, 2.75) is 20.4 Å². The zero-order chi connectivity index (χ0) is 15.2. The van der Waals surface area contributed by atoms with Crippen LogP contribution in [0.1, 0.15) is 18.1 Å². The number of methoxy groups -OCH3 is 1. The Labute approximate surface area is 127 Å². The van der Waals surface area contributed by atoms with Crippen LogP contribution in [0.5, 0.6) is 5.75 Å². The highest BCUT2D eigenvalue weighted by Crippen LogP contribution is 2.34. The maximum atomic E-state index is 5.48. The van der Waals surface area contributed by atoms with Gasteiger partial charge in [-0.05, 0) is 37.2 Å². The first-order valence-corrected chi connectivity index (χ1v) is 7.34. The van der Waals surface area contributed by atoms with Gasteiger partial charge in [0, 0.05) is 19.3 Å². The lowest BCUT2D eigenvalue weighted by molar-refractivity contribution is 0.415. The molecule has 0 radical (unpaired) electrons. The van der Waals surface area contributed by atoms with Gasteiger partial charge in [0.15, 0.2) is 0 Å². The van der Waals surface area contributed by atoms with Crippen LogP contribution in [0.25, 0.3) is 0 Å². The van der Waals surface area contributed by atoms with Crippen molar-refractivity contribution in [3.05, 3.63) is 53.6 Å². The minimum atomic E-state index is 0.868. The Morgan fingerprint density at radius 2 is 1.86 bits per heavy atom. The average Bonchev–Trinajstić information content (AvgIpc) is 2.52. The molecule has 3 nitrogen and oxygen atoms in total. The van der Waals surface area contributed by atoms with Gasteiger partial charge in [0.05, 0.1) is 12.8 Å². The van der Waals surface area contributed by atoms with Crippen molar-refractivity contribution in [1.82, 2.24) is 5.32 Å². The lowest BCUT2D eigenvalue weighted by Gasteiger charge is -2.25. The van der Waals surface area contributed by atoms with Gasteiger partial charge in [-0.3, -0.25) is 0 Å². The number of para-hydroxylation sites is 2. The molecule has 0 aliphatic rings. The number of nitrogens with one attached hydrogen (secondary N) is 1. The standard InChI is InChI=1S/C18H24N2O/c1-5-19-13-15-12-14(2)10-11-16(15)20(3)17-8-6-7-9-18(17)21-4/h6-12,19H,5,13H2,1-4H3. The molecule has 1 N–H and O–H groups in total. The SMILES string of the molecule is CCNCc1cc(C)ccc1N(C)c1ccccc1OC. The molecule has 21 heavy (non-hydrogen) atoms. The molecule has 0 aromatic heterocycles. The fourth-order valence-electron chi connectivity index (χ4n) is 2.48. The number of nitrogens with zero attached hydrogens (tertiary/aromatic N) is 1. The van der Waals surface area contributed by atoms with Crippen LogP contribution in [0.4, 0.5) is 11.4 Å². The monoisotopic (exact) mass is 284 g/mol. The summed E-state index contributed by atoms with van der Waals surface area (Å²) in [5, 5.41) is 3.41. The predicted molar refractivity (Wildman–Crippen MR) is 89.6 cm³/mol. The van der Waals surface area contributed by atoms with Gasteiger partial charge in [0.1, 0.15) is 5.75 Å². The molecule has 2 aromatic carbocycles. The number of rotatable bonds is 6. The number of hydrogen-bond donors (Lipinski definition) is 1. The van der Waals surface area contributed by atoms with Crippen molar-refractivity contribution in [3.63, 3.8) is 0 Å². The van der Waals surface area contributed by atoms with Crippen LogP contribution in [0, 0.1) is 6.92 Å². The first-order chi connectivity index (χ1) is 10.2. The van der Waals surface area contributed by atoms with Gasteiger partial charge in [0.2, 0.25) is 0 Å². The molecule has 3 heteroatoms. The van der Waals surface area contributed by atoms with Crippen LogP contribution in [0.15, 0.2) is 42.5 Å². The van der Waals surface area contributed by atoms with Crippen molar-refractivity contribution in [1.29, 1.82) is 0 Å². The fraction of sp³-hybridized carbons (Fsp3) is 0.333. The Morgan fingerprint density at radius 3 is 2.57 bits per heavy atom. The zero-order valence-corrected chi connectivity index (χ0v) is 13.3. The summed E-state index contributed by atoms with van der Waals surface area (Å²) in [6.45, 7) is 6.08. The average molecular weight is 284 g/mol. The van der Waals surface area contributed by atoms with Crippen molar-refractivity contribution in [3.8, 4) is 5.75 Å². The van der Waals surface area contributed by atoms with Gasteiger partial charge in [-0.2, -0.15) is 0 Å². The summed E-state index contributed by atoms with van der Waals surface area (Å²) >= 11 is 0. The maximum absolute atomic E-state index is 5.48. The number of aryl methyl sites for hydroxylation is 1. The van der Waals surface area contributed by atoms with Crippen molar-refractivity contribution >= 4 is 11.4 Å². The van der Waals surface area contributed by atoms with Gasteiger partial charge in [0.25, 0.3) is 0 Å². The van der Waals surface area contributed by atoms with Gasteiger partial charge >= 0.3 is 0 Å². The van der Waals surface area contributed by atoms with E-state index in [2.05, 4.69) is 55.4 Å². The fourth-order valence-corrected chi connectivity index (χ4v) is 2.48.